The van der Waals surface area contributed by atoms with Crippen molar-refractivity contribution in [2.75, 3.05) is 20.2 Å². The van der Waals surface area contributed by atoms with Gasteiger partial charge < -0.3 is 48.2 Å². The first-order chi connectivity index (χ1) is 15.7. The van der Waals surface area contributed by atoms with Crippen molar-refractivity contribution in [3.05, 3.63) is 48.7 Å². The monoisotopic (exact) mass is 646 g/mol. The molecule has 0 radical (unpaired) electrons. The van der Waals surface area contributed by atoms with Crippen molar-refractivity contribution in [3.8, 4) is 5.75 Å². The van der Waals surface area contributed by atoms with Crippen LogP contribution >= 0.6 is 0 Å². The molecule has 2 bridgehead atoms. The van der Waals surface area contributed by atoms with Gasteiger partial charge >= 0.3 is 20.8 Å². The van der Waals surface area contributed by atoms with Crippen LogP contribution in [0.3, 0.4) is 0 Å². The predicted octanol–water partition coefficient (Wildman–Crippen LogP) is -3.91. The van der Waals surface area contributed by atoms with E-state index in [-0.39, 0.29) is 44.4 Å². The maximum Gasteiger partial charge on any atom is 0.394 e. The number of fused-ring (bicyclic) bond motifs is 4. The summed E-state index contributed by atoms with van der Waals surface area (Å²) in [6.07, 6.45) is 5.62. The summed E-state index contributed by atoms with van der Waals surface area (Å²) in [6.45, 7) is 6.07. The molecule has 1 aromatic carbocycles. The van der Waals surface area contributed by atoms with E-state index in [1.807, 2.05) is 24.3 Å². The molecule has 19 N–H and O–H groups in total. The summed E-state index contributed by atoms with van der Waals surface area (Å²) in [5.74, 6) is 2.01. The number of aliphatic hydroxyl groups is 1. The minimum atomic E-state index is -4.67. The van der Waals surface area contributed by atoms with Crippen LogP contribution in [0.25, 0.3) is 10.9 Å². The van der Waals surface area contributed by atoms with Crippen molar-refractivity contribution < 1.29 is 83.2 Å². The molecule has 2 aromatic rings. The van der Waals surface area contributed by atoms with Gasteiger partial charge in [-0.25, -0.2) is 0 Å². The van der Waals surface area contributed by atoms with E-state index in [0.717, 1.165) is 41.7 Å². The highest BCUT2D eigenvalue weighted by Crippen LogP contribution is 2.42. The van der Waals surface area contributed by atoms with Gasteiger partial charge in [-0.15, -0.1) is 6.58 Å². The number of piperidine rings is 3. The maximum atomic E-state index is 11.2. The number of methoxy groups -OCH3 is 1. The van der Waals surface area contributed by atoms with Crippen LogP contribution in [0.15, 0.2) is 43.1 Å². The maximum absolute atomic E-state index is 11.2. The molecule has 5 rings (SSSR count). The lowest BCUT2D eigenvalue weighted by molar-refractivity contribution is -0.0444. The number of aromatic nitrogens is 1. The lowest BCUT2D eigenvalue weighted by atomic mass is 9.73. The Bertz CT molecular complexity index is 1170. The number of hydrogen-bond acceptors (Lipinski definition) is 8. The van der Waals surface area contributed by atoms with Crippen molar-refractivity contribution >= 4 is 31.7 Å². The van der Waals surface area contributed by atoms with E-state index in [2.05, 4.69) is 22.5 Å². The number of nitrogens with zero attached hydrogens (tertiary/aromatic N) is 2. The highest BCUT2D eigenvalue weighted by molar-refractivity contribution is 7.80. The standard InChI is InChI=1S/C20H24N2O2.2H2O4S.7H2O/c1-3-13-12-22-9-7-14(13)10-19(22)20(23)16-6-8-21-18-5-4-15(24-2)11-17(16)18;2*1-5(2,3)4;;;;;;;/h3-6,8,11,13-14,19-20,23H,1,7,9-10,12H2,2H3;2*(H2,1,2,3,4);7*1H2/t13-,14-,19-,20+;;;;;;;;;/m0........./s1. The second-order valence-electron chi connectivity index (χ2n) is 7.87. The SMILES string of the molecule is C=C[C@H]1C[N@]2CC[C@H]1C[C@H]2[C@H](O)c1ccnc2ccc(OC)cc12.O.O.O.O.O.O.O.O=S(=O)(O)O.O=S(=O)(O)O. The molecular weight excluding hydrogens is 604 g/mol. The van der Waals surface area contributed by atoms with Gasteiger partial charge in [0, 0.05) is 24.2 Å². The Hall–Kier alpha value is -2.45. The van der Waals surface area contributed by atoms with E-state index in [4.69, 9.17) is 39.8 Å². The van der Waals surface area contributed by atoms with Gasteiger partial charge in [0.1, 0.15) is 5.75 Å². The molecule has 3 aliphatic rings. The van der Waals surface area contributed by atoms with Crippen molar-refractivity contribution in [2.24, 2.45) is 11.8 Å². The Kier molecular flexibility index (Phi) is 26.6. The third kappa shape index (κ3) is 16.5. The summed E-state index contributed by atoms with van der Waals surface area (Å²) in [5.41, 5.74) is 1.85. The second kappa shape index (κ2) is 21.3. The predicted molar refractivity (Wildman–Crippen MR) is 149 cm³/mol. The van der Waals surface area contributed by atoms with Crippen molar-refractivity contribution in [1.82, 2.24) is 9.88 Å². The van der Waals surface area contributed by atoms with Crippen LogP contribution in [0.4, 0.5) is 0 Å². The highest BCUT2D eigenvalue weighted by atomic mass is 32.3. The number of hydrogen-bond donors (Lipinski definition) is 5. The topological polar surface area (TPSA) is 415 Å². The van der Waals surface area contributed by atoms with Gasteiger partial charge in [0.15, 0.2) is 0 Å². The number of pyridine rings is 1. The van der Waals surface area contributed by atoms with Crippen LogP contribution in [0, 0.1) is 11.8 Å². The van der Waals surface area contributed by atoms with Crippen molar-refractivity contribution in [2.45, 2.75) is 25.0 Å². The number of rotatable bonds is 4. The van der Waals surface area contributed by atoms with Gasteiger partial charge in [-0.05, 0) is 61.1 Å². The van der Waals surface area contributed by atoms with Gasteiger partial charge in [-0.3, -0.25) is 28.1 Å². The molecule has 0 spiro atoms. The second-order valence-corrected chi connectivity index (χ2v) is 9.66. The molecule has 3 saturated heterocycles. The summed E-state index contributed by atoms with van der Waals surface area (Å²) < 4.78 is 68.5. The van der Waals surface area contributed by atoms with Gasteiger partial charge in [-0.2, -0.15) is 16.8 Å². The van der Waals surface area contributed by atoms with Crippen molar-refractivity contribution in [3.63, 3.8) is 0 Å². The van der Waals surface area contributed by atoms with Crippen LogP contribution < -0.4 is 4.74 Å². The zero-order valence-corrected chi connectivity index (χ0v) is 23.4. The fourth-order valence-corrected chi connectivity index (χ4v) is 4.44. The van der Waals surface area contributed by atoms with E-state index in [0.29, 0.717) is 11.8 Å². The molecular formula is C20H42N2O17S2. The normalized spacial score (nSPS) is 20.5. The Morgan fingerprint density at radius 2 is 1.49 bits per heavy atom. The number of ether oxygens (including phenoxy) is 1. The van der Waals surface area contributed by atoms with Gasteiger partial charge in [-0.1, -0.05) is 6.08 Å². The van der Waals surface area contributed by atoms with Gasteiger partial charge in [0.05, 0.1) is 18.7 Å². The van der Waals surface area contributed by atoms with E-state index >= 15 is 0 Å². The van der Waals surface area contributed by atoms with Gasteiger partial charge in [0.2, 0.25) is 0 Å². The molecule has 0 saturated carbocycles. The molecule has 246 valence electrons. The molecule has 4 heterocycles. The summed E-state index contributed by atoms with van der Waals surface area (Å²) in [4.78, 5) is 6.86. The van der Waals surface area contributed by atoms with Crippen LogP contribution in [0.1, 0.15) is 24.5 Å². The Labute approximate surface area is 236 Å². The molecule has 0 aliphatic carbocycles. The minimum absolute atomic E-state index is 0. The largest absolute Gasteiger partial charge is 0.497 e. The quantitative estimate of drug-likeness (QED) is 0.157. The molecule has 3 aliphatic heterocycles. The molecule has 41 heavy (non-hydrogen) atoms. The van der Waals surface area contributed by atoms with E-state index in [1.54, 1.807) is 13.3 Å². The van der Waals surface area contributed by atoms with E-state index in [9.17, 15) is 5.11 Å². The van der Waals surface area contributed by atoms with E-state index in [1.165, 1.54) is 6.42 Å². The molecule has 1 aromatic heterocycles. The first kappa shape index (κ1) is 51.3. The van der Waals surface area contributed by atoms with E-state index < -0.39 is 26.9 Å². The smallest absolute Gasteiger partial charge is 0.394 e. The van der Waals surface area contributed by atoms with Crippen LogP contribution in [0.2, 0.25) is 0 Å². The zero-order valence-electron chi connectivity index (χ0n) is 21.8. The third-order valence-corrected chi connectivity index (χ3v) is 5.82. The summed E-state index contributed by atoms with van der Waals surface area (Å²) >= 11 is 0. The third-order valence-electron chi connectivity index (χ3n) is 5.82. The summed E-state index contributed by atoms with van der Waals surface area (Å²) in [7, 11) is -7.67. The Morgan fingerprint density at radius 3 is 1.90 bits per heavy atom. The van der Waals surface area contributed by atoms with Gasteiger partial charge in [0.25, 0.3) is 0 Å². The van der Waals surface area contributed by atoms with Crippen molar-refractivity contribution in [1.29, 1.82) is 0 Å². The molecule has 21 heteroatoms. The van der Waals surface area contributed by atoms with Crippen LogP contribution in [-0.4, -0.2) is 115 Å². The number of aliphatic hydroxyl groups excluding tert-OH is 1. The average Bonchev–Trinajstić information content (AvgIpc) is 2.75. The summed E-state index contributed by atoms with van der Waals surface area (Å²) in [6, 6.07) is 7.96. The van der Waals surface area contributed by atoms with Crippen LogP contribution in [0.5, 0.6) is 5.75 Å². The number of benzene rings is 1. The lowest BCUT2D eigenvalue weighted by Gasteiger charge is -2.50. The molecule has 3 fully saturated rings. The molecule has 19 nitrogen and oxygen atoms in total. The summed E-state index contributed by atoms with van der Waals surface area (Å²) in [5, 5.41) is 12.1. The minimum Gasteiger partial charge on any atom is -0.497 e. The fourth-order valence-electron chi connectivity index (χ4n) is 4.44. The lowest BCUT2D eigenvalue weighted by Crippen LogP contribution is -2.54. The first-order valence-corrected chi connectivity index (χ1v) is 12.9. The Morgan fingerprint density at radius 1 is 0.976 bits per heavy atom. The molecule has 0 amide bonds. The zero-order chi connectivity index (χ0) is 25.7. The Balaban J connectivity index is -0.000000158. The molecule has 0 unspecified atom stereocenters. The molecule has 5 atom stereocenters. The van der Waals surface area contributed by atoms with Crippen LogP contribution in [-0.2, 0) is 20.8 Å². The average molecular weight is 647 g/mol. The first-order valence-electron chi connectivity index (χ1n) is 10.1. The highest BCUT2D eigenvalue weighted by Gasteiger charge is 2.42. The fraction of sp³-hybridized carbons (Fsp3) is 0.450.